The van der Waals surface area contributed by atoms with Crippen molar-refractivity contribution in [3.8, 4) is 0 Å². The van der Waals surface area contributed by atoms with Crippen LogP contribution in [0, 0.1) is 12.8 Å². The van der Waals surface area contributed by atoms with Gasteiger partial charge in [0.2, 0.25) is 0 Å². The first kappa shape index (κ1) is 22.0. The fraction of sp³-hybridized carbons (Fsp3) is 0.700. The average Bonchev–Trinajstić information content (AvgIpc) is 3.45. The maximum absolute atomic E-state index is 4.98. The number of rotatable bonds is 4. The summed E-state index contributed by atoms with van der Waals surface area (Å²) in [5, 5.41) is 12.2. The first-order valence-corrected chi connectivity index (χ1v) is 10.5. The van der Waals surface area contributed by atoms with Gasteiger partial charge in [0.15, 0.2) is 11.8 Å². The van der Waals surface area contributed by atoms with Crippen LogP contribution in [-0.2, 0) is 13.6 Å². The number of hydrogen-bond acceptors (Lipinski definition) is 4. The van der Waals surface area contributed by atoms with E-state index in [1.165, 1.54) is 25.7 Å². The van der Waals surface area contributed by atoms with Crippen molar-refractivity contribution in [2.75, 3.05) is 13.1 Å². The number of piperidine rings is 1. The second kappa shape index (κ2) is 9.90. The third-order valence-electron chi connectivity index (χ3n) is 6.37. The Morgan fingerprint density at radius 3 is 2.69 bits per heavy atom. The molecule has 0 radical (unpaired) electrons. The first-order valence-electron chi connectivity index (χ1n) is 10.5. The normalized spacial score (nSPS) is 23.3. The minimum Gasteiger partial charge on any atom is -0.353 e. The molecule has 0 spiro atoms. The van der Waals surface area contributed by atoms with Crippen molar-refractivity contribution in [3.05, 3.63) is 30.4 Å². The predicted molar refractivity (Wildman–Crippen MR) is 124 cm³/mol. The van der Waals surface area contributed by atoms with Crippen LogP contribution in [0.2, 0.25) is 0 Å². The van der Waals surface area contributed by atoms with E-state index in [1.807, 2.05) is 31.1 Å². The van der Waals surface area contributed by atoms with E-state index in [9.17, 15) is 0 Å². The molecule has 2 fully saturated rings. The molecular formula is C20H33IN8. The molecule has 9 heteroatoms. The largest absolute Gasteiger partial charge is 0.353 e. The molecule has 8 nitrogen and oxygen atoms in total. The quantitative estimate of drug-likeness (QED) is 0.388. The summed E-state index contributed by atoms with van der Waals surface area (Å²) in [5.74, 6) is 3.46. The molecule has 160 valence electrons. The molecule has 2 aliphatic rings. The number of likely N-dealkylation sites (tertiary alicyclic amines) is 1. The Bertz CT molecular complexity index is 794. The first-order chi connectivity index (χ1) is 13.6. The van der Waals surface area contributed by atoms with E-state index >= 15 is 0 Å². The van der Waals surface area contributed by atoms with Crippen molar-refractivity contribution < 1.29 is 0 Å². The van der Waals surface area contributed by atoms with E-state index in [0.29, 0.717) is 24.5 Å². The summed E-state index contributed by atoms with van der Waals surface area (Å²) >= 11 is 0. The molecule has 4 rings (SSSR count). The number of nitrogens with one attached hydrogen (secondary N) is 1. The fourth-order valence-electron chi connectivity index (χ4n) is 4.32. The fourth-order valence-corrected chi connectivity index (χ4v) is 4.32. The highest BCUT2D eigenvalue weighted by molar-refractivity contribution is 14.0. The van der Waals surface area contributed by atoms with Crippen LogP contribution in [0.5, 0.6) is 0 Å². The second-order valence-electron chi connectivity index (χ2n) is 8.28. The summed E-state index contributed by atoms with van der Waals surface area (Å²) in [5.41, 5.74) is 0. The number of aryl methyl sites for hydroxylation is 1. The highest BCUT2D eigenvalue weighted by atomic mass is 127. The van der Waals surface area contributed by atoms with Gasteiger partial charge in [0, 0.05) is 38.6 Å². The molecule has 2 aromatic rings. The van der Waals surface area contributed by atoms with Gasteiger partial charge in [-0.1, -0.05) is 19.8 Å². The molecule has 3 heterocycles. The lowest BCUT2D eigenvalue weighted by atomic mass is 9.93. The van der Waals surface area contributed by atoms with Crippen molar-refractivity contribution >= 4 is 29.9 Å². The zero-order valence-corrected chi connectivity index (χ0v) is 20.0. The van der Waals surface area contributed by atoms with E-state index in [1.54, 1.807) is 0 Å². The molecule has 2 aromatic heterocycles. The van der Waals surface area contributed by atoms with Gasteiger partial charge in [-0.25, -0.2) is 9.98 Å². The van der Waals surface area contributed by atoms with E-state index < -0.39 is 0 Å². The molecule has 29 heavy (non-hydrogen) atoms. The van der Waals surface area contributed by atoms with Gasteiger partial charge in [0.25, 0.3) is 0 Å². The maximum atomic E-state index is 4.98. The minimum atomic E-state index is 0. The van der Waals surface area contributed by atoms with Crippen LogP contribution in [0.25, 0.3) is 0 Å². The number of imidazole rings is 1. The Labute approximate surface area is 190 Å². The number of aliphatic imine (C=N–C) groups is 1. The molecule has 1 saturated heterocycles. The maximum Gasteiger partial charge on any atom is 0.194 e. The molecule has 1 saturated carbocycles. The van der Waals surface area contributed by atoms with Crippen LogP contribution in [-0.4, -0.2) is 54.3 Å². The SMILES string of the molecule is Cc1nnc(CN=C(NC2CCCC2)N2CCC(C)C(n3ccnc3)C2)n1C.I. The lowest BCUT2D eigenvalue weighted by Crippen LogP contribution is -2.51. The number of guanidine groups is 1. The summed E-state index contributed by atoms with van der Waals surface area (Å²) in [7, 11) is 2.00. The van der Waals surface area contributed by atoms with Gasteiger partial charge < -0.3 is 19.4 Å². The molecule has 0 aromatic carbocycles. The Kier molecular flexibility index (Phi) is 7.53. The number of aromatic nitrogens is 5. The molecule has 0 amide bonds. The van der Waals surface area contributed by atoms with Crippen LogP contribution in [0.4, 0.5) is 0 Å². The Morgan fingerprint density at radius 2 is 2.03 bits per heavy atom. The number of halogens is 1. The summed E-state index contributed by atoms with van der Waals surface area (Å²) < 4.78 is 4.26. The summed E-state index contributed by atoms with van der Waals surface area (Å²) in [6.45, 7) is 6.84. The highest BCUT2D eigenvalue weighted by Crippen LogP contribution is 2.28. The summed E-state index contributed by atoms with van der Waals surface area (Å²) in [6.07, 6.45) is 12.1. The third kappa shape index (κ3) is 5.10. The summed E-state index contributed by atoms with van der Waals surface area (Å²) in [4.78, 5) is 11.7. The standard InChI is InChI=1S/C20H32N8.HI/c1-15-8-10-27(13-18(15)28-11-9-21-14-28)20(23-17-6-4-5-7-17)22-12-19-25-24-16(2)26(19)3;/h9,11,14-15,17-18H,4-8,10,12-13H2,1-3H3,(H,22,23);1H. The van der Waals surface area contributed by atoms with Gasteiger partial charge in [0.05, 0.1) is 12.4 Å². The van der Waals surface area contributed by atoms with Crippen molar-refractivity contribution in [1.29, 1.82) is 0 Å². The lowest BCUT2D eigenvalue weighted by molar-refractivity contribution is 0.187. The van der Waals surface area contributed by atoms with Crippen LogP contribution < -0.4 is 5.32 Å². The van der Waals surface area contributed by atoms with Gasteiger partial charge in [-0.3, -0.25) is 0 Å². The van der Waals surface area contributed by atoms with E-state index in [2.05, 4.69) is 43.1 Å². The molecule has 0 bridgehead atoms. The van der Waals surface area contributed by atoms with Crippen LogP contribution in [0.15, 0.2) is 23.7 Å². The van der Waals surface area contributed by atoms with Gasteiger partial charge >= 0.3 is 0 Å². The Hall–Kier alpha value is -1.65. The Morgan fingerprint density at radius 1 is 1.24 bits per heavy atom. The van der Waals surface area contributed by atoms with Gasteiger partial charge in [-0.2, -0.15) is 0 Å². The van der Waals surface area contributed by atoms with E-state index in [0.717, 1.165) is 37.1 Å². The smallest absolute Gasteiger partial charge is 0.194 e. The molecule has 1 aliphatic heterocycles. The van der Waals surface area contributed by atoms with Crippen molar-refractivity contribution in [2.45, 2.75) is 64.6 Å². The zero-order valence-electron chi connectivity index (χ0n) is 17.7. The molecule has 1 N–H and O–H groups in total. The van der Waals surface area contributed by atoms with E-state index in [4.69, 9.17) is 4.99 Å². The topological polar surface area (TPSA) is 76.2 Å². The van der Waals surface area contributed by atoms with Crippen molar-refractivity contribution in [2.24, 2.45) is 18.0 Å². The predicted octanol–water partition coefficient (Wildman–Crippen LogP) is 2.91. The monoisotopic (exact) mass is 512 g/mol. The minimum absolute atomic E-state index is 0. The second-order valence-corrected chi connectivity index (χ2v) is 8.28. The molecule has 2 unspecified atom stereocenters. The number of nitrogens with zero attached hydrogens (tertiary/aromatic N) is 7. The number of hydrogen-bond donors (Lipinski definition) is 1. The average molecular weight is 512 g/mol. The van der Waals surface area contributed by atoms with Gasteiger partial charge in [-0.15, -0.1) is 34.2 Å². The molecule has 2 atom stereocenters. The molecular weight excluding hydrogens is 479 g/mol. The van der Waals surface area contributed by atoms with Gasteiger partial charge in [0.1, 0.15) is 12.4 Å². The van der Waals surface area contributed by atoms with Crippen molar-refractivity contribution in [3.63, 3.8) is 0 Å². The zero-order chi connectivity index (χ0) is 19.5. The van der Waals surface area contributed by atoms with E-state index in [-0.39, 0.29) is 24.0 Å². The van der Waals surface area contributed by atoms with Crippen LogP contribution in [0.3, 0.4) is 0 Å². The lowest BCUT2D eigenvalue weighted by Gasteiger charge is -2.40. The van der Waals surface area contributed by atoms with Gasteiger partial charge in [-0.05, 0) is 32.1 Å². The van der Waals surface area contributed by atoms with Crippen molar-refractivity contribution in [1.82, 2.24) is 34.5 Å². The third-order valence-corrected chi connectivity index (χ3v) is 6.37. The Balaban J connectivity index is 0.00000240. The summed E-state index contributed by atoms with van der Waals surface area (Å²) in [6, 6.07) is 0.954. The van der Waals surface area contributed by atoms with Crippen LogP contribution in [0.1, 0.15) is 56.7 Å². The van der Waals surface area contributed by atoms with Crippen LogP contribution >= 0.6 is 24.0 Å². The molecule has 1 aliphatic carbocycles. The highest BCUT2D eigenvalue weighted by Gasteiger charge is 2.30.